The van der Waals surface area contributed by atoms with Crippen LogP contribution in [0.3, 0.4) is 0 Å². The van der Waals surface area contributed by atoms with E-state index in [-0.39, 0.29) is 0 Å². The number of para-hydroxylation sites is 2. The van der Waals surface area contributed by atoms with Gasteiger partial charge in [0.2, 0.25) is 0 Å². The molecular weight excluding hydrogens is 317 g/mol. The zero-order chi connectivity index (χ0) is 16.2. The van der Waals surface area contributed by atoms with E-state index in [0.717, 1.165) is 24.6 Å². The summed E-state index contributed by atoms with van der Waals surface area (Å²) in [5.74, 6) is 1.66. The Morgan fingerprint density at radius 3 is 1.46 bits per heavy atom. The van der Waals surface area contributed by atoms with Gasteiger partial charge in [-0.25, -0.2) is 4.67 Å². The Bertz CT molecular complexity index is 729. The molecule has 1 heterocycles. The molecule has 0 radical (unpaired) electrons. The molecule has 4 rings (SSSR count). The molecule has 24 heavy (non-hydrogen) atoms. The molecule has 4 heteroatoms. The lowest BCUT2D eigenvalue weighted by Gasteiger charge is -2.24. The smallest absolute Gasteiger partial charge is 0.385 e. The van der Waals surface area contributed by atoms with E-state index in [1.165, 1.54) is 11.1 Å². The van der Waals surface area contributed by atoms with Gasteiger partial charge in [0.1, 0.15) is 0 Å². The van der Waals surface area contributed by atoms with Crippen molar-refractivity contribution in [2.45, 2.75) is 13.1 Å². The van der Waals surface area contributed by atoms with Crippen LogP contribution in [0.15, 0.2) is 84.9 Å². The van der Waals surface area contributed by atoms with Gasteiger partial charge in [0, 0.05) is 13.1 Å². The van der Waals surface area contributed by atoms with Crippen molar-refractivity contribution in [3.05, 3.63) is 96.1 Å². The molecule has 0 aliphatic carbocycles. The molecule has 0 unspecified atom stereocenters. The van der Waals surface area contributed by atoms with Crippen LogP contribution in [-0.2, 0) is 13.1 Å². The number of nitrogens with zero attached hydrogens (tertiary/aromatic N) is 1. The average Bonchev–Trinajstić information content (AvgIpc) is 3.07. The van der Waals surface area contributed by atoms with Crippen molar-refractivity contribution in [2.75, 3.05) is 0 Å². The molecule has 0 amide bonds. The predicted octanol–water partition coefficient (Wildman–Crippen LogP) is 5.39. The van der Waals surface area contributed by atoms with Crippen molar-refractivity contribution in [3.63, 3.8) is 0 Å². The van der Waals surface area contributed by atoms with Gasteiger partial charge in [-0.1, -0.05) is 72.8 Å². The highest BCUT2D eigenvalue weighted by molar-refractivity contribution is 7.45. The van der Waals surface area contributed by atoms with Gasteiger partial charge in [-0.15, -0.1) is 0 Å². The third kappa shape index (κ3) is 3.43. The molecule has 0 saturated carbocycles. The van der Waals surface area contributed by atoms with Crippen LogP contribution < -0.4 is 9.05 Å². The molecule has 0 aromatic heterocycles. The number of hydrogen-bond acceptors (Lipinski definition) is 3. The Hall–Kier alpha value is -2.35. The summed E-state index contributed by atoms with van der Waals surface area (Å²) >= 11 is 0. The number of fused-ring (bicyclic) bond motifs is 1. The van der Waals surface area contributed by atoms with E-state index in [1.807, 2.05) is 36.4 Å². The van der Waals surface area contributed by atoms with E-state index >= 15 is 0 Å². The zero-order valence-corrected chi connectivity index (χ0v) is 14.1. The molecule has 0 N–H and O–H groups in total. The molecule has 0 atom stereocenters. The van der Waals surface area contributed by atoms with Crippen molar-refractivity contribution in [1.82, 2.24) is 4.67 Å². The standard InChI is InChI=1S/C20H18NO2P/c1-3-9-17(10-4-1)15-21(16-18-11-5-2-6-12-18)24-22-19-13-7-8-14-20(19)23-24/h1-14H,15-16H2. The minimum atomic E-state index is -1.15. The molecule has 3 nitrogen and oxygen atoms in total. The summed E-state index contributed by atoms with van der Waals surface area (Å²) in [5, 5.41) is 0. The second kappa shape index (κ2) is 7.04. The van der Waals surface area contributed by atoms with Crippen LogP contribution in [0.5, 0.6) is 11.5 Å². The van der Waals surface area contributed by atoms with E-state index in [0.29, 0.717) is 0 Å². The fourth-order valence-corrected chi connectivity index (χ4v) is 4.13. The Labute approximate surface area is 143 Å². The summed E-state index contributed by atoms with van der Waals surface area (Å²) in [7, 11) is -1.15. The van der Waals surface area contributed by atoms with Crippen LogP contribution in [0, 0.1) is 0 Å². The molecule has 3 aromatic rings. The largest absolute Gasteiger partial charge is 0.423 e. The Morgan fingerprint density at radius 2 is 1.00 bits per heavy atom. The van der Waals surface area contributed by atoms with Crippen molar-refractivity contribution in [1.29, 1.82) is 0 Å². The normalized spacial score (nSPS) is 13.4. The highest BCUT2D eigenvalue weighted by Crippen LogP contribution is 2.54. The third-order valence-corrected chi connectivity index (χ3v) is 5.30. The van der Waals surface area contributed by atoms with Gasteiger partial charge in [-0.2, -0.15) is 0 Å². The van der Waals surface area contributed by atoms with Crippen molar-refractivity contribution >= 4 is 8.53 Å². The van der Waals surface area contributed by atoms with Crippen LogP contribution in [0.2, 0.25) is 0 Å². The SMILES string of the molecule is c1ccc(CN(Cc2ccccc2)P2Oc3ccccc3O2)cc1. The van der Waals surface area contributed by atoms with Crippen LogP contribution in [0.1, 0.15) is 11.1 Å². The lowest BCUT2D eigenvalue weighted by atomic mass is 10.2. The second-order valence-electron chi connectivity index (χ2n) is 5.66. The van der Waals surface area contributed by atoms with Gasteiger partial charge >= 0.3 is 8.53 Å². The maximum Gasteiger partial charge on any atom is 0.385 e. The van der Waals surface area contributed by atoms with E-state index in [9.17, 15) is 0 Å². The maximum absolute atomic E-state index is 6.08. The Kier molecular flexibility index (Phi) is 4.46. The van der Waals surface area contributed by atoms with Crippen LogP contribution in [0.25, 0.3) is 0 Å². The van der Waals surface area contributed by atoms with E-state index in [2.05, 4.69) is 53.2 Å². The summed E-state index contributed by atoms with van der Waals surface area (Å²) in [6.07, 6.45) is 0. The fourth-order valence-electron chi connectivity index (χ4n) is 2.66. The first-order valence-electron chi connectivity index (χ1n) is 7.96. The van der Waals surface area contributed by atoms with Crippen LogP contribution in [-0.4, -0.2) is 4.67 Å². The molecule has 120 valence electrons. The van der Waals surface area contributed by atoms with Gasteiger partial charge < -0.3 is 9.05 Å². The van der Waals surface area contributed by atoms with Gasteiger partial charge in [0.05, 0.1) is 0 Å². The minimum Gasteiger partial charge on any atom is -0.423 e. The van der Waals surface area contributed by atoms with Crippen molar-refractivity contribution in [3.8, 4) is 11.5 Å². The quantitative estimate of drug-likeness (QED) is 0.584. The first-order valence-corrected chi connectivity index (χ1v) is 9.09. The number of rotatable bonds is 5. The zero-order valence-electron chi connectivity index (χ0n) is 13.2. The van der Waals surface area contributed by atoms with Gasteiger partial charge in [-0.05, 0) is 23.3 Å². The van der Waals surface area contributed by atoms with Crippen molar-refractivity contribution in [2.24, 2.45) is 0 Å². The van der Waals surface area contributed by atoms with Crippen LogP contribution >= 0.6 is 8.53 Å². The third-order valence-electron chi connectivity index (χ3n) is 3.85. The van der Waals surface area contributed by atoms with Gasteiger partial charge in [-0.3, -0.25) is 0 Å². The summed E-state index contributed by atoms with van der Waals surface area (Å²) < 4.78 is 14.4. The highest BCUT2D eigenvalue weighted by atomic mass is 31.2. The summed E-state index contributed by atoms with van der Waals surface area (Å²) in [6.45, 7) is 1.57. The lowest BCUT2D eigenvalue weighted by Crippen LogP contribution is -2.20. The maximum atomic E-state index is 6.08. The second-order valence-corrected chi connectivity index (χ2v) is 7.07. The summed E-state index contributed by atoms with van der Waals surface area (Å²) in [6, 6.07) is 28.7. The Morgan fingerprint density at radius 1 is 0.583 bits per heavy atom. The van der Waals surface area contributed by atoms with Crippen molar-refractivity contribution < 1.29 is 9.05 Å². The summed E-state index contributed by atoms with van der Waals surface area (Å²) in [5.41, 5.74) is 2.50. The molecule has 0 saturated heterocycles. The molecular formula is C20H18NO2P. The lowest BCUT2D eigenvalue weighted by molar-refractivity contribution is 0.366. The molecule has 3 aromatic carbocycles. The first-order chi connectivity index (χ1) is 11.9. The molecule has 0 spiro atoms. The monoisotopic (exact) mass is 335 g/mol. The Balaban J connectivity index is 1.56. The predicted molar refractivity (Wildman–Crippen MR) is 96.7 cm³/mol. The first kappa shape index (κ1) is 15.2. The average molecular weight is 335 g/mol. The molecule has 1 aliphatic heterocycles. The van der Waals surface area contributed by atoms with E-state index < -0.39 is 8.53 Å². The van der Waals surface area contributed by atoms with E-state index in [4.69, 9.17) is 9.05 Å². The fraction of sp³-hybridized carbons (Fsp3) is 0.100. The summed E-state index contributed by atoms with van der Waals surface area (Å²) in [4.78, 5) is 0. The van der Waals surface area contributed by atoms with Crippen LogP contribution in [0.4, 0.5) is 0 Å². The minimum absolute atomic E-state index is 0.787. The molecule has 1 aliphatic rings. The topological polar surface area (TPSA) is 21.7 Å². The molecule has 0 bridgehead atoms. The van der Waals surface area contributed by atoms with E-state index in [1.54, 1.807) is 0 Å². The number of hydrogen-bond donors (Lipinski definition) is 0. The van der Waals surface area contributed by atoms with Gasteiger partial charge in [0.15, 0.2) is 11.5 Å². The highest BCUT2D eigenvalue weighted by Gasteiger charge is 2.32. The number of benzene rings is 3. The van der Waals surface area contributed by atoms with Gasteiger partial charge in [0.25, 0.3) is 0 Å². The molecule has 0 fully saturated rings.